The zero-order chi connectivity index (χ0) is 18.1. The van der Waals surface area contributed by atoms with E-state index in [0.29, 0.717) is 29.2 Å². The molecule has 1 aromatic heterocycles. The van der Waals surface area contributed by atoms with Gasteiger partial charge in [-0.2, -0.15) is 0 Å². The van der Waals surface area contributed by atoms with Gasteiger partial charge in [0, 0.05) is 13.0 Å². The molecule has 5 nitrogen and oxygen atoms in total. The average molecular weight is 387 g/mol. The number of nitrogens with zero attached hydrogens (tertiary/aromatic N) is 2. The maximum Gasteiger partial charge on any atom is 0.338 e. The van der Waals surface area contributed by atoms with Gasteiger partial charge in [-0.25, -0.2) is 9.78 Å². The number of thiazole rings is 1. The molecule has 2 aromatic carbocycles. The topological polar surface area (TPSA) is 59.5 Å². The first-order valence-electron chi connectivity index (χ1n) is 8.23. The van der Waals surface area contributed by atoms with E-state index < -0.39 is 5.97 Å². The smallest absolute Gasteiger partial charge is 0.338 e. The Kier molecular flexibility index (Phi) is 4.61. The highest BCUT2D eigenvalue weighted by Crippen LogP contribution is 2.31. The summed E-state index contributed by atoms with van der Waals surface area (Å²) in [5.41, 5.74) is 1.82. The Balaban J connectivity index is 1.50. The van der Waals surface area contributed by atoms with Gasteiger partial charge in [0.1, 0.15) is 11.6 Å². The normalized spacial score (nSPS) is 14.2. The first-order valence-corrected chi connectivity index (χ1v) is 9.43. The van der Waals surface area contributed by atoms with Crippen LogP contribution in [0.3, 0.4) is 0 Å². The molecule has 1 aliphatic rings. The minimum absolute atomic E-state index is 0.0203. The predicted octanol–water partition coefficient (Wildman–Crippen LogP) is 4.43. The van der Waals surface area contributed by atoms with Gasteiger partial charge in [-0.05, 0) is 36.8 Å². The van der Waals surface area contributed by atoms with Crippen LogP contribution in [-0.2, 0) is 16.1 Å². The van der Waals surface area contributed by atoms with E-state index in [0.717, 1.165) is 21.6 Å². The average Bonchev–Trinajstić information content (AvgIpc) is 3.25. The fourth-order valence-corrected chi connectivity index (χ4v) is 4.04. The lowest BCUT2D eigenvalue weighted by molar-refractivity contribution is -0.117. The standard InChI is InChI=1S/C19H15ClN2O3S/c20-13-8-7-12(10-15(13)22-9-3-6-18(22)23)19(24)25-11-17-21-14-4-1-2-5-16(14)26-17/h1-2,4-5,7-8,10H,3,6,9,11H2. The summed E-state index contributed by atoms with van der Waals surface area (Å²) >= 11 is 7.71. The van der Waals surface area contributed by atoms with Crippen LogP contribution in [0.1, 0.15) is 28.2 Å². The molecule has 0 saturated carbocycles. The number of carbonyl (C=O) groups excluding carboxylic acids is 2. The van der Waals surface area contributed by atoms with E-state index >= 15 is 0 Å². The van der Waals surface area contributed by atoms with E-state index in [-0.39, 0.29) is 12.5 Å². The lowest BCUT2D eigenvalue weighted by Crippen LogP contribution is -2.24. The van der Waals surface area contributed by atoms with Crippen LogP contribution < -0.4 is 4.90 Å². The Morgan fingerprint density at radius 2 is 2.12 bits per heavy atom. The molecule has 0 atom stereocenters. The number of anilines is 1. The molecule has 2 heterocycles. The van der Waals surface area contributed by atoms with Crippen LogP contribution in [0.2, 0.25) is 5.02 Å². The van der Waals surface area contributed by atoms with Gasteiger partial charge < -0.3 is 9.64 Å². The summed E-state index contributed by atoms with van der Waals surface area (Å²) in [7, 11) is 0. The second kappa shape index (κ2) is 7.05. The molecule has 0 unspecified atom stereocenters. The molecule has 26 heavy (non-hydrogen) atoms. The number of esters is 1. The van der Waals surface area contributed by atoms with Crippen molar-refractivity contribution in [1.29, 1.82) is 0 Å². The lowest BCUT2D eigenvalue weighted by atomic mass is 10.2. The predicted molar refractivity (Wildman–Crippen MR) is 102 cm³/mol. The first-order chi connectivity index (χ1) is 12.6. The number of halogens is 1. The van der Waals surface area contributed by atoms with Crippen LogP contribution in [0.25, 0.3) is 10.2 Å². The van der Waals surface area contributed by atoms with Crippen molar-refractivity contribution in [3.05, 3.63) is 58.1 Å². The van der Waals surface area contributed by atoms with Crippen LogP contribution in [0.4, 0.5) is 5.69 Å². The summed E-state index contributed by atoms with van der Waals surface area (Å²) in [4.78, 5) is 30.4. The summed E-state index contributed by atoms with van der Waals surface area (Å²) in [6, 6.07) is 12.6. The van der Waals surface area contributed by atoms with Crippen molar-refractivity contribution >= 4 is 50.7 Å². The maximum atomic E-state index is 12.4. The Labute approximate surface area is 159 Å². The number of para-hydroxylation sites is 1. The first kappa shape index (κ1) is 17.0. The van der Waals surface area contributed by atoms with Gasteiger partial charge in [0.05, 0.1) is 26.5 Å². The Bertz CT molecular complexity index is 968. The number of carbonyl (C=O) groups is 2. The number of ether oxygens (including phenoxy) is 1. The SMILES string of the molecule is O=C(OCc1nc2ccccc2s1)c1ccc(Cl)c(N2CCCC2=O)c1. The molecule has 0 N–H and O–H groups in total. The molecule has 0 radical (unpaired) electrons. The maximum absolute atomic E-state index is 12.4. The van der Waals surface area contributed by atoms with Gasteiger partial charge in [0.15, 0.2) is 0 Å². The molecule has 7 heteroatoms. The summed E-state index contributed by atoms with van der Waals surface area (Å²) in [5, 5.41) is 1.19. The van der Waals surface area contributed by atoms with Gasteiger partial charge in [0.25, 0.3) is 0 Å². The van der Waals surface area contributed by atoms with Crippen molar-refractivity contribution in [3.63, 3.8) is 0 Å². The Hall–Kier alpha value is -2.44. The van der Waals surface area contributed by atoms with Crippen LogP contribution >= 0.6 is 22.9 Å². The van der Waals surface area contributed by atoms with Crippen molar-refractivity contribution < 1.29 is 14.3 Å². The van der Waals surface area contributed by atoms with Crippen LogP contribution in [0.5, 0.6) is 0 Å². The molecular weight excluding hydrogens is 372 g/mol. The van der Waals surface area contributed by atoms with E-state index in [9.17, 15) is 9.59 Å². The highest BCUT2D eigenvalue weighted by Gasteiger charge is 2.24. The largest absolute Gasteiger partial charge is 0.455 e. The minimum Gasteiger partial charge on any atom is -0.455 e. The number of hydrogen-bond donors (Lipinski definition) is 0. The van der Waals surface area contributed by atoms with Crippen molar-refractivity contribution in [2.75, 3.05) is 11.4 Å². The molecule has 0 spiro atoms. The molecular formula is C19H15ClN2O3S. The number of aromatic nitrogens is 1. The fourth-order valence-electron chi connectivity index (χ4n) is 2.94. The van der Waals surface area contributed by atoms with E-state index in [1.807, 2.05) is 24.3 Å². The molecule has 4 rings (SSSR count). The second-order valence-corrected chi connectivity index (χ2v) is 7.49. The third-order valence-corrected chi connectivity index (χ3v) is 5.54. The second-order valence-electron chi connectivity index (χ2n) is 5.97. The molecule has 0 aliphatic carbocycles. The van der Waals surface area contributed by atoms with E-state index in [1.54, 1.807) is 23.1 Å². The molecule has 1 amide bonds. The van der Waals surface area contributed by atoms with E-state index in [2.05, 4.69) is 4.98 Å². The Morgan fingerprint density at radius 1 is 1.27 bits per heavy atom. The van der Waals surface area contributed by atoms with Crippen LogP contribution in [-0.4, -0.2) is 23.4 Å². The number of fused-ring (bicyclic) bond motifs is 1. The van der Waals surface area contributed by atoms with Crippen LogP contribution in [0, 0.1) is 0 Å². The molecule has 1 saturated heterocycles. The number of amides is 1. The Morgan fingerprint density at radius 3 is 2.88 bits per heavy atom. The van der Waals surface area contributed by atoms with Crippen LogP contribution in [0.15, 0.2) is 42.5 Å². The van der Waals surface area contributed by atoms with Gasteiger partial charge in [-0.15, -0.1) is 11.3 Å². The summed E-state index contributed by atoms with van der Waals surface area (Å²) in [6.45, 7) is 0.724. The third-order valence-electron chi connectivity index (χ3n) is 4.21. The molecule has 1 fully saturated rings. The van der Waals surface area contributed by atoms with E-state index in [4.69, 9.17) is 16.3 Å². The summed E-state index contributed by atoms with van der Waals surface area (Å²) in [6.07, 6.45) is 1.30. The fraction of sp³-hybridized carbons (Fsp3) is 0.211. The highest BCUT2D eigenvalue weighted by atomic mass is 35.5. The summed E-state index contributed by atoms with van der Waals surface area (Å²) < 4.78 is 6.45. The molecule has 0 bridgehead atoms. The van der Waals surface area contributed by atoms with Gasteiger partial charge in [-0.3, -0.25) is 4.79 Å². The van der Waals surface area contributed by atoms with Crippen molar-refractivity contribution in [2.24, 2.45) is 0 Å². The molecule has 1 aliphatic heterocycles. The monoisotopic (exact) mass is 386 g/mol. The van der Waals surface area contributed by atoms with Gasteiger partial charge >= 0.3 is 5.97 Å². The quantitative estimate of drug-likeness (QED) is 0.622. The lowest BCUT2D eigenvalue weighted by Gasteiger charge is -2.18. The third kappa shape index (κ3) is 3.30. The van der Waals surface area contributed by atoms with Gasteiger partial charge in [0.2, 0.25) is 5.91 Å². The highest BCUT2D eigenvalue weighted by molar-refractivity contribution is 7.18. The van der Waals surface area contributed by atoms with Crippen molar-refractivity contribution in [1.82, 2.24) is 4.98 Å². The molecule has 132 valence electrons. The number of hydrogen-bond acceptors (Lipinski definition) is 5. The van der Waals surface area contributed by atoms with Crippen molar-refractivity contribution in [3.8, 4) is 0 Å². The van der Waals surface area contributed by atoms with E-state index in [1.165, 1.54) is 11.3 Å². The van der Waals surface area contributed by atoms with Gasteiger partial charge in [-0.1, -0.05) is 23.7 Å². The zero-order valence-electron chi connectivity index (χ0n) is 13.8. The zero-order valence-corrected chi connectivity index (χ0v) is 15.3. The molecule has 3 aromatic rings. The number of rotatable bonds is 4. The number of benzene rings is 2. The minimum atomic E-state index is -0.464. The van der Waals surface area contributed by atoms with Crippen molar-refractivity contribution in [2.45, 2.75) is 19.4 Å². The summed E-state index contributed by atoms with van der Waals surface area (Å²) in [5.74, 6) is -0.444.